The lowest BCUT2D eigenvalue weighted by Crippen LogP contribution is -2.20. The molecule has 0 radical (unpaired) electrons. The first-order chi connectivity index (χ1) is 8.51. The molecule has 0 spiro atoms. The number of benzene rings is 1. The zero-order valence-electron chi connectivity index (χ0n) is 10.6. The van der Waals surface area contributed by atoms with E-state index in [2.05, 4.69) is 4.40 Å². The molecule has 0 amide bonds. The van der Waals surface area contributed by atoms with Gasteiger partial charge in [0.05, 0.1) is 10.3 Å². The first-order valence-electron chi connectivity index (χ1n) is 5.34. The summed E-state index contributed by atoms with van der Waals surface area (Å²) in [6.07, 6.45) is -3.55. The number of alkyl halides is 3. The summed E-state index contributed by atoms with van der Waals surface area (Å²) in [5.74, 6) is 0. The summed E-state index contributed by atoms with van der Waals surface area (Å²) in [4.78, 5) is 0. The number of halogens is 4. The molecule has 1 aromatic rings. The Morgan fingerprint density at radius 3 is 2.32 bits per heavy atom. The largest absolute Gasteiger partial charge is 0.417 e. The molecule has 0 bridgehead atoms. The van der Waals surface area contributed by atoms with Crippen LogP contribution in [0.1, 0.15) is 31.9 Å². The minimum atomic E-state index is -4.50. The summed E-state index contributed by atoms with van der Waals surface area (Å²) in [5, 5.41) is 0.163. The fraction of sp³-hybridized carbons (Fsp3) is 0.417. The maximum absolute atomic E-state index is 12.8. The van der Waals surface area contributed by atoms with Crippen LogP contribution in [0.3, 0.4) is 0 Å². The number of hydrogen-bond donors (Lipinski definition) is 0. The molecule has 0 aliphatic rings. The van der Waals surface area contributed by atoms with E-state index in [1.165, 1.54) is 0 Å². The fourth-order valence-corrected chi connectivity index (χ4v) is 1.87. The smallest absolute Gasteiger partial charge is 0.234 e. The van der Waals surface area contributed by atoms with Crippen LogP contribution in [0.2, 0.25) is 5.02 Å². The van der Waals surface area contributed by atoms with Gasteiger partial charge in [0.25, 0.3) is 0 Å². The Hall–Kier alpha value is -0.880. The van der Waals surface area contributed by atoms with E-state index in [4.69, 9.17) is 11.6 Å². The van der Waals surface area contributed by atoms with Crippen LogP contribution < -0.4 is 0 Å². The van der Waals surface area contributed by atoms with E-state index in [0.717, 1.165) is 24.4 Å². The molecule has 0 heterocycles. The van der Waals surface area contributed by atoms with Crippen LogP contribution in [0.15, 0.2) is 22.6 Å². The van der Waals surface area contributed by atoms with Crippen LogP contribution in [-0.2, 0) is 17.2 Å². The molecule has 0 aliphatic heterocycles. The molecule has 0 aliphatic carbocycles. The van der Waals surface area contributed by atoms with Gasteiger partial charge in [-0.05, 0) is 39.0 Å². The zero-order chi connectivity index (χ0) is 14.8. The third-order valence-corrected chi connectivity index (χ3v) is 3.71. The SMILES string of the molecule is CC(C)(C)[S@@](=O)N=Cc1cc(Cl)ccc1C(F)(F)F. The van der Waals surface area contributed by atoms with E-state index in [1.54, 1.807) is 20.8 Å². The Balaban J connectivity index is 3.17. The summed E-state index contributed by atoms with van der Waals surface area (Å²) in [5.41, 5.74) is -1.05. The highest BCUT2D eigenvalue weighted by Gasteiger charge is 2.33. The van der Waals surface area contributed by atoms with Gasteiger partial charge in [0, 0.05) is 16.8 Å². The maximum atomic E-state index is 12.8. The van der Waals surface area contributed by atoms with Gasteiger partial charge in [-0.15, -0.1) is 0 Å². The molecule has 0 N–H and O–H groups in total. The molecule has 19 heavy (non-hydrogen) atoms. The minimum absolute atomic E-state index is 0.163. The summed E-state index contributed by atoms with van der Waals surface area (Å²) in [7, 11) is -1.62. The van der Waals surface area contributed by atoms with Gasteiger partial charge in [-0.3, -0.25) is 0 Å². The van der Waals surface area contributed by atoms with Crippen molar-refractivity contribution in [3.05, 3.63) is 34.3 Å². The predicted molar refractivity (Wildman–Crippen MR) is 71.9 cm³/mol. The Morgan fingerprint density at radius 1 is 1.26 bits per heavy atom. The molecule has 0 aromatic heterocycles. The van der Waals surface area contributed by atoms with Gasteiger partial charge in [0.15, 0.2) is 0 Å². The van der Waals surface area contributed by atoms with Crippen LogP contribution >= 0.6 is 11.6 Å². The van der Waals surface area contributed by atoms with E-state index in [9.17, 15) is 17.4 Å². The maximum Gasteiger partial charge on any atom is 0.417 e. The lowest BCUT2D eigenvalue weighted by atomic mass is 10.1. The Morgan fingerprint density at radius 2 is 1.84 bits per heavy atom. The first-order valence-corrected chi connectivity index (χ1v) is 6.83. The molecule has 0 fully saturated rings. The highest BCUT2D eigenvalue weighted by Crippen LogP contribution is 2.32. The molecule has 1 rings (SSSR count). The predicted octanol–water partition coefficient (Wildman–Crippen LogP) is 4.24. The first kappa shape index (κ1) is 16.2. The van der Waals surface area contributed by atoms with Crippen molar-refractivity contribution in [3.8, 4) is 0 Å². The molecule has 106 valence electrons. The van der Waals surface area contributed by atoms with Crippen molar-refractivity contribution in [2.75, 3.05) is 0 Å². The minimum Gasteiger partial charge on any atom is -0.234 e. The number of hydrogen-bond acceptors (Lipinski definition) is 1. The zero-order valence-corrected chi connectivity index (χ0v) is 12.2. The highest BCUT2D eigenvalue weighted by atomic mass is 35.5. The van der Waals surface area contributed by atoms with Crippen molar-refractivity contribution in [3.63, 3.8) is 0 Å². The molecular formula is C12H13ClF3NOS. The van der Waals surface area contributed by atoms with E-state index < -0.39 is 27.5 Å². The topological polar surface area (TPSA) is 29.4 Å². The van der Waals surface area contributed by atoms with E-state index >= 15 is 0 Å². The van der Waals surface area contributed by atoms with E-state index in [1.807, 2.05) is 0 Å². The molecule has 1 aromatic carbocycles. The van der Waals surface area contributed by atoms with Crippen molar-refractivity contribution in [1.82, 2.24) is 0 Å². The van der Waals surface area contributed by atoms with Crippen LogP contribution in [0.4, 0.5) is 13.2 Å². The quantitative estimate of drug-likeness (QED) is 0.751. The van der Waals surface area contributed by atoms with Gasteiger partial charge < -0.3 is 0 Å². The van der Waals surface area contributed by atoms with Crippen LogP contribution in [-0.4, -0.2) is 15.2 Å². The van der Waals surface area contributed by atoms with Gasteiger partial charge in [0.1, 0.15) is 11.0 Å². The lowest BCUT2D eigenvalue weighted by molar-refractivity contribution is -0.137. The highest BCUT2D eigenvalue weighted by molar-refractivity contribution is 7.85. The Labute approximate surface area is 117 Å². The van der Waals surface area contributed by atoms with Gasteiger partial charge >= 0.3 is 6.18 Å². The number of nitrogens with zero attached hydrogens (tertiary/aromatic N) is 1. The average Bonchev–Trinajstić information content (AvgIpc) is 2.22. The molecular weight excluding hydrogens is 299 g/mol. The molecule has 0 saturated carbocycles. The normalized spacial score (nSPS) is 14.9. The van der Waals surface area contributed by atoms with Gasteiger partial charge in [-0.1, -0.05) is 11.6 Å². The average molecular weight is 312 g/mol. The molecule has 0 unspecified atom stereocenters. The van der Waals surface area contributed by atoms with E-state index in [0.29, 0.717) is 0 Å². The monoisotopic (exact) mass is 311 g/mol. The van der Waals surface area contributed by atoms with Crippen LogP contribution in [0.5, 0.6) is 0 Å². The standard InChI is InChI=1S/C12H13ClF3NOS/c1-11(2,3)19(18)17-7-8-6-9(13)4-5-10(8)12(14,15)16/h4-7H,1-3H3/t19-/m1/s1. The lowest BCUT2D eigenvalue weighted by Gasteiger charge is -2.13. The summed E-state index contributed by atoms with van der Waals surface area (Å²) >= 11 is 5.67. The second-order valence-corrected chi connectivity index (χ2v) is 7.20. The van der Waals surface area contributed by atoms with Crippen molar-refractivity contribution in [1.29, 1.82) is 0 Å². The third kappa shape index (κ3) is 4.62. The second kappa shape index (κ2) is 5.63. The van der Waals surface area contributed by atoms with Crippen molar-refractivity contribution >= 4 is 28.8 Å². The summed E-state index contributed by atoms with van der Waals surface area (Å²) in [6.45, 7) is 5.05. The molecule has 0 saturated heterocycles. The summed E-state index contributed by atoms with van der Waals surface area (Å²) in [6, 6.07) is 3.18. The van der Waals surface area contributed by atoms with Crippen LogP contribution in [0, 0.1) is 0 Å². The van der Waals surface area contributed by atoms with Gasteiger partial charge in [0.2, 0.25) is 0 Å². The van der Waals surface area contributed by atoms with Gasteiger partial charge in [-0.25, -0.2) is 4.21 Å². The van der Waals surface area contributed by atoms with Crippen LogP contribution in [0.25, 0.3) is 0 Å². The van der Waals surface area contributed by atoms with E-state index in [-0.39, 0.29) is 10.6 Å². The van der Waals surface area contributed by atoms with Crippen molar-refractivity contribution in [2.24, 2.45) is 4.40 Å². The van der Waals surface area contributed by atoms with Gasteiger partial charge in [-0.2, -0.15) is 17.6 Å². The molecule has 7 heteroatoms. The fourth-order valence-electron chi connectivity index (χ4n) is 1.16. The van der Waals surface area contributed by atoms with Crippen molar-refractivity contribution in [2.45, 2.75) is 31.7 Å². The summed E-state index contributed by atoms with van der Waals surface area (Å²) < 4.78 is 53.0. The third-order valence-electron chi connectivity index (χ3n) is 2.13. The Kier molecular flexibility index (Phi) is 4.79. The Bertz CT molecular complexity index is 521. The molecule has 1 atom stereocenters. The van der Waals surface area contributed by atoms with Crippen molar-refractivity contribution < 1.29 is 17.4 Å². The molecule has 2 nitrogen and oxygen atoms in total. The second-order valence-electron chi connectivity index (χ2n) is 4.83. The number of rotatable bonds is 2.